The molecule has 0 aliphatic carbocycles. The summed E-state index contributed by atoms with van der Waals surface area (Å²) < 4.78 is 28.6. The number of halogens is 3. The number of aliphatic imine (C=N–C) groups is 1. The van der Waals surface area contributed by atoms with Crippen molar-refractivity contribution in [2.24, 2.45) is 10.9 Å². The molecule has 1 N–H and O–H groups in total. The third-order valence-electron chi connectivity index (χ3n) is 7.86. The lowest BCUT2D eigenvalue weighted by molar-refractivity contribution is -0.00829. The van der Waals surface area contributed by atoms with Gasteiger partial charge in [0.15, 0.2) is 0 Å². The molecule has 4 rings (SSSR count). The molecule has 0 spiro atoms. The van der Waals surface area contributed by atoms with Crippen molar-refractivity contribution in [3.8, 4) is 0 Å². The molecule has 3 atom stereocenters. The zero-order valence-corrected chi connectivity index (χ0v) is 25.6. The molecule has 2 aromatic rings. The number of anilines is 1. The van der Waals surface area contributed by atoms with Crippen LogP contribution in [0.3, 0.4) is 0 Å². The van der Waals surface area contributed by atoms with Crippen LogP contribution in [0.4, 0.5) is 14.5 Å². The van der Waals surface area contributed by atoms with Crippen molar-refractivity contribution < 1.29 is 8.78 Å². The molecule has 0 aromatic heterocycles. The molecule has 2 heterocycles. The second kappa shape index (κ2) is 13.9. The van der Waals surface area contributed by atoms with Crippen LogP contribution in [-0.2, 0) is 12.3 Å². The van der Waals surface area contributed by atoms with Crippen molar-refractivity contribution in [3.05, 3.63) is 83.2 Å². The summed E-state index contributed by atoms with van der Waals surface area (Å²) in [5.74, 6) is -1.31. The minimum absolute atomic E-state index is 0.0894. The molecule has 3 unspecified atom stereocenters. The maximum absolute atomic E-state index is 14.0. The first-order valence-electron chi connectivity index (χ1n) is 14.5. The van der Waals surface area contributed by atoms with Crippen molar-refractivity contribution in [1.82, 2.24) is 4.90 Å². The van der Waals surface area contributed by atoms with E-state index in [-0.39, 0.29) is 18.0 Å². The van der Waals surface area contributed by atoms with Gasteiger partial charge in [-0.05, 0) is 68.4 Å². The van der Waals surface area contributed by atoms with Gasteiger partial charge in [-0.3, -0.25) is 0 Å². The Morgan fingerprint density at radius 3 is 2.46 bits per heavy atom. The molecule has 210 valence electrons. The molecule has 2 aliphatic heterocycles. The molecule has 2 aliphatic rings. The average Bonchev–Trinajstić information content (AvgIpc) is 3.14. The number of alkyl halides is 3. The van der Waals surface area contributed by atoms with Crippen LogP contribution in [0.2, 0.25) is 0 Å². The van der Waals surface area contributed by atoms with E-state index < -0.39 is 5.92 Å². The van der Waals surface area contributed by atoms with Gasteiger partial charge in [0.1, 0.15) is 5.82 Å². The van der Waals surface area contributed by atoms with Crippen molar-refractivity contribution in [2.45, 2.75) is 81.6 Å². The van der Waals surface area contributed by atoms with E-state index in [0.717, 1.165) is 46.9 Å². The highest BCUT2D eigenvalue weighted by Crippen LogP contribution is 2.36. The number of nitrogens with zero attached hydrogens (tertiary/aromatic N) is 2. The molecule has 2 aromatic carbocycles. The fraction of sp³-hybridized carbons (Fsp3) is 0.485. The number of nitrogens with one attached hydrogen (secondary N) is 1. The van der Waals surface area contributed by atoms with Gasteiger partial charge in [0.2, 0.25) is 0 Å². The van der Waals surface area contributed by atoms with Gasteiger partial charge in [0.05, 0.1) is 0 Å². The molecule has 39 heavy (non-hydrogen) atoms. The number of allylic oxidation sites excluding steroid dienone is 3. The first kappa shape index (κ1) is 29.8. The normalized spacial score (nSPS) is 21.3. The summed E-state index contributed by atoms with van der Waals surface area (Å²) in [5.41, 5.74) is 4.73. The standard InChI is InChI=1S/C33H42F2IN3/c1-4-26-9-8-20-37-32(39-21-7-6-10-29(36)19-22-39)31(26)27-13-17-30(18-14-27)38-24(3)23-25-11-15-28(16-12-25)33(34,35)5-2/h8-9,11-18,20,24,26,29,38H,4-7,10,19,21-23H2,1-3H3. The maximum atomic E-state index is 14.0. The largest absolute Gasteiger partial charge is 0.382 e. The second-order valence-corrected chi connectivity index (χ2v) is 12.6. The van der Waals surface area contributed by atoms with E-state index in [0.29, 0.717) is 5.92 Å². The third-order valence-corrected chi connectivity index (χ3v) is 9.10. The molecule has 0 radical (unpaired) electrons. The highest BCUT2D eigenvalue weighted by molar-refractivity contribution is 14.1. The van der Waals surface area contributed by atoms with Gasteiger partial charge >= 0.3 is 0 Å². The molecule has 6 heteroatoms. The van der Waals surface area contributed by atoms with Crippen molar-refractivity contribution in [1.29, 1.82) is 0 Å². The molecule has 0 saturated carbocycles. The molecule has 0 amide bonds. The fourth-order valence-electron chi connectivity index (χ4n) is 5.52. The Morgan fingerprint density at radius 2 is 1.77 bits per heavy atom. The van der Waals surface area contributed by atoms with Gasteiger partial charge in [0, 0.05) is 58.4 Å². The van der Waals surface area contributed by atoms with E-state index in [1.165, 1.54) is 43.7 Å². The Kier molecular flexibility index (Phi) is 10.6. The van der Waals surface area contributed by atoms with Gasteiger partial charge in [-0.1, -0.05) is 85.3 Å². The van der Waals surface area contributed by atoms with Crippen LogP contribution >= 0.6 is 22.6 Å². The predicted molar refractivity (Wildman–Crippen MR) is 170 cm³/mol. The predicted octanol–water partition coefficient (Wildman–Crippen LogP) is 9.25. The smallest absolute Gasteiger partial charge is 0.273 e. The van der Waals surface area contributed by atoms with E-state index in [1.807, 2.05) is 18.3 Å². The molecular formula is C33H42F2IN3. The first-order valence-corrected chi connectivity index (χ1v) is 15.7. The third kappa shape index (κ3) is 7.92. The summed E-state index contributed by atoms with van der Waals surface area (Å²) in [4.78, 5) is 7.49. The quantitative estimate of drug-likeness (QED) is 0.218. The topological polar surface area (TPSA) is 27.6 Å². The Hall–Kier alpha value is -2.22. The van der Waals surface area contributed by atoms with Crippen molar-refractivity contribution >= 4 is 40.1 Å². The zero-order valence-electron chi connectivity index (χ0n) is 23.5. The Labute approximate surface area is 247 Å². The number of hydrogen-bond donors (Lipinski definition) is 1. The lowest BCUT2D eigenvalue weighted by Crippen LogP contribution is -2.29. The molecule has 0 bridgehead atoms. The summed E-state index contributed by atoms with van der Waals surface area (Å²) in [6, 6.07) is 15.7. The van der Waals surface area contributed by atoms with E-state index >= 15 is 0 Å². The van der Waals surface area contributed by atoms with Crippen LogP contribution in [0, 0.1) is 5.92 Å². The van der Waals surface area contributed by atoms with Crippen LogP contribution in [0.25, 0.3) is 5.57 Å². The maximum Gasteiger partial charge on any atom is 0.273 e. The fourth-order valence-corrected chi connectivity index (χ4v) is 6.24. The highest BCUT2D eigenvalue weighted by Gasteiger charge is 2.28. The van der Waals surface area contributed by atoms with E-state index in [9.17, 15) is 8.78 Å². The van der Waals surface area contributed by atoms with Crippen molar-refractivity contribution in [2.75, 3.05) is 18.4 Å². The summed E-state index contributed by atoms with van der Waals surface area (Å²) >= 11 is 2.61. The van der Waals surface area contributed by atoms with E-state index in [1.54, 1.807) is 12.1 Å². The Bertz CT molecular complexity index is 1150. The number of hydrogen-bond acceptors (Lipinski definition) is 3. The average molecular weight is 646 g/mol. The number of benzene rings is 2. The zero-order chi connectivity index (χ0) is 27.8. The van der Waals surface area contributed by atoms with Gasteiger partial charge in [-0.15, -0.1) is 0 Å². The Balaban J connectivity index is 1.50. The number of rotatable bonds is 9. The van der Waals surface area contributed by atoms with Crippen LogP contribution < -0.4 is 5.32 Å². The number of likely N-dealkylation sites (tertiary alicyclic amines) is 1. The summed E-state index contributed by atoms with van der Waals surface area (Å²) in [6.45, 7) is 8.00. The van der Waals surface area contributed by atoms with Crippen LogP contribution in [0.1, 0.15) is 76.0 Å². The van der Waals surface area contributed by atoms with Crippen molar-refractivity contribution in [3.63, 3.8) is 0 Å². The van der Waals surface area contributed by atoms with Crippen LogP contribution in [0.5, 0.6) is 0 Å². The monoisotopic (exact) mass is 645 g/mol. The summed E-state index contributed by atoms with van der Waals surface area (Å²) in [7, 11) is 0. The SMILES string of the molecule is CCC1C=CC=NC(N2CCCCC(I)CC2)=C1c1ccc(NC(C)Cc2ccc(C(F)(F)CC)cc2)cc1. The minimum atomic E-state index is -2.76. The Morgan fingerprint density at radius 1 is 1.03 bits per heavy atom. The van der Waals surface area contributed by atoms with Gasteiger partial charge in [-0.25, -0.2) is 13.8 Å². The van der Waals surface area contributed by atoms with Gasteiger partial charge < -0.3 is 10.2 Å². The first-order chi connectivity index (χ1) is 18.8. The van der Waals surface area contributed by atoms with Gasteiger partial charge in [-0.2, -0.15) is 0 Å². The molecule has 1 fully saturated rings. The second-order valence-electron chi connectivity index (χ2n) is 10.9. The molecule has 3 nitrogen and oxygen atoms in total. The van der Waals surface area contributed by atoms with E-state index in [4.69, 9.17) is 4.99 Å². The van der Waals surface area contributed by atoms with E-state index in [2.05, 4.69) is 83.1 Å². The minimum Gasteiger partial charge on any atom is -0.382 e. The summed E-state index contributed by atoms with van der Waals surface area (Å²) in [5, 5.41) is 3.59. The summed E-state index contributed by atoms with van der Waals surface area (Å²) in [6.07, 6.45) is 12.9. The van der Waals surface area contributed by atoms with Gasteiger partial charge in [0.25, 0.3) is 5.92 Å². The van der Waals surface area contributed by atoms with Crippen LogP contribution in [0.15, 0.2) is 71.5 Å². The van der Waals surface area contributed by atoms with Crippen LogP contribution in [-0.4, -0.2) is 34.2 Å². The molecular weight excluding hydrogens is 603 g/mol. The lowest BCUT2D eigenvalue weighted by atomic mass is 9.89. The lowest BCUT2D eigenvalue weighted by Gasteiger charge is -2.31. The highest BCUT2D eigenvalue weighted by atomic mass is 127. The molecule has 1 saturated heterocycles.